The van der Waals surface area contributed by atoms with E-state index in [0.717, 1.165) is 89.0 Å². The second kappa shape index (κ2) is 57.9. The third kappa shape index (κ3) is 39.4. The molecule has 0 spiro atoms. The Morgan fingerprint density at radius 3 is 0.803 bits per heavy atom. The van der Waals surface area contributed by atoms with Crippen molar-refractivity contribution >= 4 is 113 Å². The summed E-state index contributed by atoms with van der Waals surface area (Å²) in [6.07, 6.45) is 10.1. The molecule has 0 saturated carbocycles. The number of benzene rings is 6. The summed E-state index contributed by atoms with van der Waals surface area (Å²) in [5.74, 6) is 2.43. The minimum Gasteiger partial charge on any atom is -0.495 e. The van der Waals surface area contributed by atoms with Crippen molar-refractivity contribution in [3.8, 4) is 11.5 Å². The minimum atomic E-state index is -3.14. The molecular weight excluding hydrogens is 1810 g/mol. The number of piperazine rings is 2. The lowest BCUT2D eigenvalue weighted by Crippen LogP contribution is -2.49. The molecule has 0 amide bonds. The maximum atomic E-state index is 13.8. The lowest BCUT2D eigenvalue weighted by Gasteiger charge is -2.35. The van der Waals surface area contributed by atoms with Gasteiger partial charge >= 0.3 is 0 Å². The maximum absolute atomic E-state index is 13.8. The van der Waals surface area contributed by atoms with E-state index < -0.39 is 25.9 Å². The van der Waals surface area contributed by atoms with Crippen LogP contribution in [0.2, 0.25) is 25.1 Å². The van der Waals surface area contributed by atoms with Crippen LogP contribution in [0, 0.1) is 53.2 Å². The average Bonchev–Trinajstić information content (AvgIpc) is 0.881. The average molecular weight is 1970 g/mol. The van der Waals surface area contributed by atoms with E-state index in [1.165, 1.54) is 72.8 Å². The van der Waals surface area contributed by atoms with Crippen molar-refractivity contribution in [3.63, 3.8) is 0 Å². The molecule has 6 aromatic rings. The highest BCUT2D eigenvalue weighted by Crippen LogP contribution is 2.35. The summed E-state index contributed by atoms with van der Waals surface area (Å²) in [7, 11) is -3.27. The number of nitrogens with one attached hydrogen (secondary N) is 2. The number of rotatable bonds is 38. The molecule has 0 aromatic heterocycles. The fourth-order valence-corrected chi connectivity index (χ4v) is 18.9. The number of likely N-dealkylation sites (tertiary alicyclic amines) is 2. The molecule has 2 N–H and O–H groups in total. The smallest absolute Gasteiger partial charge is 0.211 e. The molecule has 0 radical (unpaired) electrons. The van der Waals surface area contributed by atoms with E-state index in [9.17, 15) is 50.0 Å². The summed E-state index contributed by atoms with van der Waals surface area (Å²) >= 11 is 29.9. The number of piperidine rings is 2. The van der Waals surface area contributed by atoms with Crippen molar-refractivity contribution in [3.05, 3.63) is 198 Å². The molecule has 4 heterocycles. The molecule has 6 aromatic carbocycles. The number of carbonyl (C=O) groups is 6. The normalized spacial score (nSPS) is 16.9. The van der Waals surface area contributed by atoms with Gasteiger partial charge < -0.3 is 29.9 Å². The van der Waals surface area contributed by atoms with Crippen molar-refractivity contribution in [2.45, 2.75) is 211 Å². The van der Waals surface area contributed by atoms with Crippen LogP contribution in [0.1, 0.15) is 232 Å². The van der Waals surface area contributed by atoms with Crippen molar-refractivity contribution in [2.24, 2.45) is 47.3 Å². The Morgan fingerprint density at radius 2 is 0.576 bits per heavy atom. The van der Waals surface area contributed by atoms with E-state index >= 15 is 0 Å². The molecule has 4 saturated heterocycles. The molecule has 4 aliphatic rings. The van der Waals surface area contributed by atoms with Crippen LogP contribution in [0.3, 0.4) is 0 Å². The highest BCUT2D eigenvalue weighted by molar-refractivity contribution is 7.88. The second-order valence-electron chi connectivity index (χ2n) is 38.0. The lowest BCUT2D eigenvalue weighted by molar-refractivity contribution is -0.124. The molecule has 4 aliphatic heterocycles. The van der Waals surface area contributed by atoms with Gasteiger partial charge in [-0.15, -0.1) is 0 Å². The summed E-state index contributed by atoms with van der Waals surface area (Å²) in [6.45, 7) is 48.9. The zero-order chi connectivity index (χ0) is 98.6. The fraction of sp³-hybridized carbons (Fsp3) is 0.596. The Labute approximate surface area is 817 Å². The van der Waals surface area contributed by atoms with Gasteiger partial charge in [0.1, 0.15) is 40.4 Å². The number of nitrogens with zero attached hydrogens (tertiary/aromatic N) is 6. The van der Waals surface area contributed by atoms with Crippen LogP contribution in [0.5, 0.6) is 11.5 Å². The molecule has 736 valence electrons. The SMILES string of the molecule is CC(C)C(=O)[C@@H](CN1CCN(S(C)(=O)=O)CC1)c1ccc(Cl)cc1.CC(C)C(=O)[C@H](CN1CCN(S(C)(=O)=O)CC1)c1ccc(Cl)cc1.CCC1CCN(C[C@@H](C(=O)C(C)C)c2ccc(Cl)cc2)CC1.CCC1CCN(C[C@H](C(=O)C(C)C)c2ccc(Cl)cc2)CC1.COc1cc([C@@H](CNC(C)C)C(=O)C(C)C)ccc1Cl.COc1ccc([C@@H](CNC(C)C)C(=O)C(C)C)cc1F. The number of Topliss-reactive ketones (excluding diaryl/α,β-unsaturated/α-hetero) is 6. The largest absolute Gasteiger partial charge is 0.495 e. The van der Waals surface area contributed by atoms with E-state index in [-0.39, 0.29) is 106 Å². The Kier molecular flexibility index (Phi) is 51.1. The zero-order valence-electron chi connectivity index (χ0n) is 82.6. The van der Waals surface area contributed by atoms with Crippen molar-refractivity contribution in [2.75, 3.05) is 145 Å². The van der Waals surface area contributed by atoms with Crippen LogP contribution >= 0.6 is 58.0 Å². The van der Waals surface area contributed by atoms with Crippen molar-refractivity contribution in [1.29, 1.82) is 0 Å². The molecule has 20 nitrogen and oxygen atoms in total. The molecule has 6 atom stereocenters. The summed E-state index contributed by atoms with van der Waals surface area (Å²) in [4.78, 5) is 84.7. The van der Waals surface area contributed by atoms with E-state index in [4.69, 9.17) is 67.5 Å². The Morgan fingerprint density at radius 1 is 0.341 bits per heavy atom. The van der Waals surface area contributed by atoms with Gasteiger partial charge in [-0.25, -0.2) is 21.2 Å². The number of carbonyl (C=O) groups excluding carboxylic acids is 6. The van der Waals surface area contributed by atoms with Gasteiger partial charge in [0.2, 0.25) is 20.0 Å². The molecule has 0 bridgehead atoms. The first-order valence-corrected chi connectivity index (χ1v) is 52.9. The van der Waals surface area contributed by atoms with Gasteiger partial charge in [0, 0.05) is 159 Å². The molecule has 132 heavy (non-hydrogen) atoms. The van der Waals surface area contributed by atoms with Gasteiger partial charge in [-0.3, -0.25) is 38.6 Å². The van der Waals surface area contributed by atoms with Crippen molar-refractivity contribution in [1.82, 2.24) is 38.8 Å². The third-order valence-corrected chi connectivity index (χ3v) is 29.0. The summed E-state index contributed by atoms with van der Waals surface area (Å²) in [5.41, 5.74) is 5.75. The second-order valence-corrected chi connectivity index (χ2v) is 44.1. The number of hydrogen-bond acceptors (Lipinski definition) is 18. The quantitative estimate of drug-likeness (QED) is 0.0367. The van der Waals surface area contributed by atoms with Gasteiger partial charge in [-0.1, -0.05) is 256 Å². The molecule has 4 fully saturated rings. The topological polar surface area (TPSA) is 233 Å². The third-order valence-electron chi connectivity index (χ3n) is 25.1. The molecule has 0 unspecified atom stereocenters. The number of halogens is 6. The fourth-order valence-electron chi connectivity index (χ4n) is 16.6. The van der Waals surface area contributed by atoms with Crippen LogP contribution in [0.25, 0.3) is 0 Å². The zero-order valence-corrected chi connectivity index (χ0v) is 88.0. The van der Waals surface area contributed by atoms with Gasteiger partial charge in [-0.2, -0.15) is 8.61 Å². The monoisotopic (exact) mass is 1960 g/mol. The maximum Gasteiger partial charge on any atom is 0.211 e. The molecular formula is C104H154Cl5FN8O12S2. The highest BCUT2D eigenvalue weighted by atomic mass is 35.5. The Bertz CT molecular complexity index is 4520. The standard InChI is InChI=1S/2C19H28ClNO.2C17H25ClN2O3S.C16H24ClNO2.C16H24FNO2/c2*1-4-15-9-11-21(12-10-15)13-18(19(22)14(2)3)16-5-7-17(20)8-6-16;2*1-13(2)17(21)16(14-4-6-15(18)7-5-14)12-19-8-10-20(11-9-19)24(3,22)23;1-10(2)16(19)13(9-18-11(3)4)12-6-7-14(17)15(8-12)20-5;1-10(2)16(19)13(9-18-11(3)4)12-6-7-15(20-5)14(17)8-12/h2*5-8,14-15,18H,4,9-13H2,1-3H3;2*4-7,13,16H,8-12H2,1-3H3;2*6-8,10-11,13,18H,9H2,1-5H3/t2*18-;2*16-;2*13-/m101011/s1. The first kappa shape index (κ1) is 116. The highest BCUT2D eigenvalue weighted by Gasteiger charge is 2.35. The molecule has 0 aliphatic carbocycles. The molecule has 28 heteroatoms. The van der Waals surface area contributed by atoms with Crippen LogP contribution in [0.15, 0.2) is 133 Å². The predicted molar refractivity (Wildman–Crippen MR) is 543 cm³/mol. The van der Waals surface area contributed by atoms with E-state index in [0.29, 0.717) is 123 Å². The lowest BCUT2D eigenvalue weighted by atomic mass is 9.87. The number of hydrogen-bond donors (Lipinski definition) is 2. The summed E-state index contributed by atoms with van der Waals surface area (Å²) in [6, 6.07) is 41.3. The van der Waals surface area contributed by atoms with Gasteiger partial charge in [0.15, 0.2) is 11.6 Å². The number of sulfonamides is 2. The molecule has 10 rings (SSSR count). The summed E-state index contributed by atoms with van der Waals surface area (Å²) in [5, 5.41) is 9.90. The minimum absolute atomic E-state index is 0.00404. The van der Waals surface area contributed by atoms with Gasteiger partial charge in [-0.05, 0) is 170 Å². The van der Waals surface area contributed by atoms with E-state index in [1.807, 2.05) is 182 Å². The number of methoxy groups -OCH3 is 2. The Hall–Kier alpha value is -6.10. The van der Waals surface area contributed by atoms with E-state index in [2.05, 4.69) is 57.9 Å². The van der Waals surface area contributed by atoms with Crippen LogP contribution in [0.4, 0.5) is 4.39 Å². The number of ketones is 6. The number of ether oxygens (including phenoxy) is 2. The summed E-state index contributed by atoms with van der Waals surface area (Å²) < 4.78 is 73.4. The van der Waals surface area contributed by atoms with Crippen LogP contribution in [-0.2, 0) is 48.8 Å². The first-order valence-electron chi connectivity index (χ1n) is 47.3. The van der Waals surface area contributed by atoms with Crippen LogP contribution in [-0.4, -0.2) is 236 Å². The Balaban J connectivity index is 0.000000281. The van der Waals surface area contributed by atoms with Crippen molar-refractivity contribution < 1.29 is 59.5 Å². The van der Waals surface area contributed by atoms with Gasteiger partial charge in [0.05, 0.1) is 67.3 Å². The predicted octanol–water partition coefficient (Wildman–Crippen LogP) is 20.8. The van der Waals surface area contributed by atoms with Gasteiger partial charge in [0.25, 0.3) is 0 Å². The van der Waals surface area contributed by atoms with Crippen LogP contribution < -0.4 is 20.1 Å². The van der Waals surface area contributed by atoms with E-state index in [1.54, 1.807) is 49.6 Å². The first-order chi connectivity index (χ1) is 62.1.